The molecule has 5 nitrogen and oxygen atoms in total. The third kappa shape index (κ3) is 5.04. The molecule has 1 saturated heterocycles. The lowest BCUT2D eigenvalue weighted by Gasteiger charge is -2.31. The van der Waals surface area contributed by atoms with Gasteiger partial charge in [0.2, 0.25) is 15.9 Å². The zero-order chi connectivity index (χ0) is 22.0. The maximum absolute atomic E-state index is 13.0. The van der Waals surface area contributed by atoms with Gasteiger partial charge in [0, 0.05) is 34.4 Å². The lowest BCUT2D eigenvalue weighted by Crippen LogP contribution is -2.44. The Morgan fingerprint density at radius 2 is 1.71 bits per heavy atom. The number of hydrogen-bond donors (Lipinski definition) is 1. The molecule has 0 radical (unpaired) electrons. The minimum atomic E-state index is -3.67. The number of nitrogens with one attached hydrogen (secondary N) is 1. The summed E-state index contributed by atoms with van der Waals surface area (Å²) in [6.07, 6.45) is 1.25. The van der Waals surface area contributed by atoms with Crippen molar-refractivity contribution in [2.24, 2.45) is 5.92 Å². The fraction of sp³-hybridized carbons (Fsp3) is 0.261. The Labute approximate surface area is 192 Å². The number of amides is 1. The van der Waals surface area contributed by atoms with Gasteiger partial charge in [-0.15, -0.1) is 0 Å². The molecule has 1 aliphatic rings. The number of anilines is 1. The van der Waals surface area contributed by atoms with E-state index in [9.17, 15) is 13.2 Å². The average molecular weight is 477 g/mol. The first-order chi connectivity index (χ1) is 14.8. The number of hydrogen-bond acceptors (Lipinski definition) is 3. The summed E-state index contributed by atoms with van der Waals surface area (Å²) in [6.45, 7) is 0.522. The highest BCUT2D eigenvalue weighted by atomic mass is 35.5. The molecule has 0 aliphatic carbocycles. The normalized spacial score (nSPS) is 17.5. The van der Waals surface area contributed by atoms with Crippen molar-refractivity contribution >= 4 is 55.6 Å². The van der Waals surface area contributed by atoms with Crippen LogP contribution in [-0.2, 0) is 20.6 Å². The lowest BCUT2D eigenvalue weighted by molar-refractivity contribution is -0.120. The highest BCUT2D eigenvalue weighted by molar-refractivity contribution is 7.88. The first-order valence-corrected chi connectivity index (χ1v) is 12.4. The van der Waals surface area contributed by atoms with E-state index in [-0.39, 0.29) is 18.2 Å². The molecule has 1 unspecified atom stereocenters. The van der Waals surface area contributed by atoms with Crippen molar-refractivity contribution in [3.05, 3.63) is 76.3 Å². The van der Waals surface area contributed by atoms with E-state index in [4.69, 9.17) is 23.2 Å². The van der Waals surface area contributed by atoms with Crippen molar-refractivity contribution < 1.29 is 13.2 Å². The van der Waals surface area contributed by atoms with Crippen LogP contribution in [0.25, 0.3) is 10.8 Å². The van der Waals surface area contributed by atoms with Gasteiger partial charge >= 0.3 is 0 Å². The number of sulfonamides is 1. The van der Waals surface area contributed by atoms with E-state index in [1.165, 1.54) is 4.31 Å². The van der Waals surface area contributed by atoms with E-state index >= 15 is 0 Å². The van der Waals surface area contributed by atoms with E-state index in [2.05, 4.69) is 5.32 Å². The molecular weight excluding hydrogens is 455 g/mol. The molecule has 0 bridgehead atoms. The van der Waals surface area contributed by atoms with Crippen LogP contribution in [0.4, 0.5) is 5.69 Å². The van der Waals surface area contributed by atoms with Gasteiger partial charge in [0.25, 0.3) is 0 Å². The van der Waals surface area contributed by atoms with Gasteiger partial charge in [0.15, 0.2) is 0 Å². The second-order valence-electron chi connectivity index (χ2n) is 7.70. The summed E-state index contributed by atoms with van der Waals surface area (Å²) in [7, 11) is -3.67. The van der Waals surface area contributed by atoms with Crippen LogP contribution >= 0.6 is 23.2 Å². The molecule has 162 valence electrons. The summed E-state index contributed by atoms with van der Waals surface area (Å²) >= 11 is 12.3. The number of carbonyl (C=O) groups is 1. The summed E-state index contributed by atoms with van der Waals surface area (Å²) in [5.74, 6) is -0.882. The van der Waals surface area contributed by atoms with Crippen LogP contribution in [-0.4, -0.2) is 31.7 Å². The Bertz CT molecular complexity index is 1210. The van der Waals surface area contributed by atoms with E-state index in [0.717, 1.165) is 10.8 Å². The van der Waals surface area contributed by atoms with Crippen LogP contribution in [0.15, 0.2) is 60.7 Å². The maximum atomic E-state index is 13.0. The SMILES string of the molecule is O=C(Nc1ccc2ccccc2c1)C1CCCN(S(=O)(=O)Cc2c(Cl)cccc2Cl)C1. The van der Waals surface area contributed by atoms with Gasteiger partial charge < -0.3 is 5.32 Å². The van der Waals surface area contributed by atoms with E-state index in [1.54, 1.807) is 18.2 Å². The number of rotatable bonds is 5. The van der Waals surface area contributed by atoms with E-state index in [1.807, 2.05) is 42.5 Å². The average Bonchev–Trinajstić information content (AvgIpc) is 2.76. The lowest BCUT2D eigenvalue weighted by atomic mass is 9.98. The Balaban J connectivity index is 1.46. The molecule has 0 aromatic heterocycles. The van der Waals surface area contributed by atoms with Crippen molar-refractivity contribution in [2.75, 3.05) is 18.4 Å². The molecule has 0 saturated carbocycles. The van der Waals surface area contributed by atoms with Gasteiger partial charge in [-0.05, 0) is 47.9 Å². The molecule has 3 aromatic rings. The highest BCUT2D eigenvalue weighted by Gasteiger charge is 2.33. The Morgan fingerprint density at radius 3 is 2.45 bits per heavy atom. The fourth-order valence-corrected chi connectivity index (χ4v) is 6.23. The van der Waals surface area contributed by atoms with E-state index in [0.29, 0.717) is 40.7 Å². The Morgan fingerprint density at radius 1 is 1.00 bits per heavy atom. The zero-order valence-corrected chi connectivity index (χ0v) is 19.1. The van der Waals surface area contributed by atoms with Gasteiger partial charge in [-0.3, -0.25) is 4.79 Å². The van der Waals surface area contributed by atoms with Gasteiger partial charge in [0.05, 0.1) is 11.7 Å². The second kappa shape index (κ2) is 9.17. The van der Waals surface area contributed by atoms with Crippen molar-refractivity contribution in [3.8, 4) is 0 Å². The van der Waals surface area contributed by atoms with Gasteiger partial charge in [0.1, 0.15) is 0 Å². The summed E-state index contributed by atoms with van der Waals surface area (Å²) in [5.41, 5.74) is 1.08. The number of carbonyl (C=O) groups excluding carboxylic acids is 1. The van der Waals surface area contributed by atoms with Crippen molar-refractivity contribution in [3.63, 3.8) is 0 Å². The quantitative estimate of drug-likeness (QED) is 0.541. The predicted octanol–water partition coefficient (Wildman–Crippen LogP) is 5.33. The molecule has 1 N–H and O–H groups in total. The first-order valence-electron chi connectivity index (χ1n) is 10.0. The molecule has 1 aliphatic heterocycles. The van der Waals surface area contributed by atoms with E-state index < -0.39 is 15.9 Å². The molecular formula is C23H22Cl2N2O3S. The molecule has 4 rings (SSSR count). The number of nitrogens with zero attached hydrogens (tertiary/aromatic N) is 1. The third-order valence-electron chi connectivity index (χ3n) is 5.55. The van der Waals surface area contributed by atoms with Crippen LogP contribution in [0.3, 0.4) is 0 Å². The molecule has 0 spiro atoms. The molecule has 1 fully saturated rings. The van der Waals surface area contributed by atoms with Crippen molar-refractivity contribution in [1.29, 1.82) is 0 Å². The molecule has 31 heavy (non-hydrogen) atoms. The minimum absolute atomic E-state index is 0.143. The molecule has 1 amide bonds. The predicted molar refractivity (Wildman–Crippen MR) is 126 cm³/mol. The standard InChI is InChI=1S/C23H22Cl2N2O3S/c24-21-8-3-9-22(25)20(21)15-31(29,30)27-12-4-7-18(14-27)23(28)26-19-11-10-16-5-1-2-6-17(16)13-19/h1-3,5-6,8-11,13,18H,4,7,12,14-15H2,(H,26,28). The maximum Gasteiger partial charge on any atom is 0.228 e. The molecule has 1 atom stereocenters. The summed E-state index contributed by atoms with van der Waals surface area (Å²) < 4.78 is 27.4. The molecule has 1 heterocycles. The van der Waals surface area contributed by atoms with Gasteiger partial charge in [-0.2, -0.15) is 0 Å². The van der Waals surface area contributed by atoms with Crippen molar-refractivity contribution in [1.82, 2.24) is 4.31 Å². The zero-order valence-electron chi connectivity index (χ0n) is 16.7. The van der Waals surface area contributed by atoms with Crippen molar-refractivity contribution in [2.45, 2.75) is 18.6 Å². The van der Waals surface area contributed by atoms with Crippen LogP contribution in [0.1, 0.15) is 18.4 Å². The topological polar surface area (TPSA) is 66.5 Å². The van der Waals surface area contributed by atoms with Gasteiger partial charge in [-0.1, -0.05) is 59.6 Å². The van der Waals surface area contributed by atoms with Crippen LogP contribution in [0.2, 0.25) is 10.0 Å². The smallest absolute Gasteiger partial charge is 0.228 e. The number of halogens is 2. The monoisotopic (exact) mass is 476 g/mol. The summed E-state index contributed by atoms with van der Waals surface area (Å²) in [4.78, 5) is 12.9. The number of piperidine rings is 1. The number of benzene rings is 3. The van der Waals surface area contributed by atoms with Crippen LogP contribution in [0.5, 0.6) is 0 Å². The summed E-state index contributed by atoms with van der Waals surface area (Å²) in [5, 5.41) is 5.70. The number of fused-ring (bicyclic) bond motifs is 1. The Kier molecular flexibility index (Phi) is 6.53. The van der Waals surface area contributed by atoms with Crippen LogP contribution in [0, 0.1) is 5.92 Å². The third-order valence-corrected chi connectivity index (χ3v) is 8.03. The van der Waals surface area contributed by atoms with Crippen LogP contribution < -0.4 is 5.32 Å². The second-order valence-corrected chi connectivity index (χ2v) is 10.5. The Hall–Kier alpha value is -2.12. The minimum Gasteiger partial charge on any atom is -0.326 e. The van der Waals surface area contributed by atoms with Gasteiger partial charge in [-0.25, -0.2) is 12.7 Å². The largest absolute Gasteiger partial charge is 0.326 e. The molecule has 8 heteroatoms. The fourth-order valence-electron chi connectivity index (χ4n) is 3.86. The first kappa shape index (κ1) is 22.1. The summed E-state index contributed by atoms with van der Waals surface area (Å²) in [6, 6.07) is 18.6. The highest BCUT2D eigenvalue weighted by Crippen LogP contribution is 2.29. The molecule has 3 aromatic carbocycles.